The van der Waals surface area contributed by atoms with Gasteiger partial charge in [0, 0.05) is 35.7 Å². The van der Waals surface area contributed by atoms with E-state index in [2.05, 4.69) is 9.47 Å². The van der Waals surface area contributed by atoms with Gasteiger partial charge in [-0.3, -0.25) is 9.69 Å². The van der Waals surface area contributed by atoms with Gasteiger partial charge in [0.2, 0.25) is 0 Å². The van der Waals surface area contributed by atoms with Crippen LogP contribution < -0.4 is 4.74 Å². The number of piperidine rings is 1. The monoisotopic (exact) mass is 482 g/mol. The van der Waals surface area contributed by atoms with Crippen molar-refractivity contribution >= 4 is 16.7 Å². The third-order valence-electron chi connectivity index (χ3n) is 7.47. The Morgan fingerprint density at radius 1 is 0.861 bits per heavy atom. The van der Waals surface area contributed by atoms with E-state index in [0.29, 0.717) is 24.3 Å². The second-order valence-electron chi connectivity index (χ2n) is 9.77. The topological polar surface area (TPSA) is 74.9 Å². The number of aromatic nitrogens is 1. The molecular weight excluding hydrogens is 452 g/mol. The van der Waals surface area contributed by atoms with Gasteiger partial charge >= 0.3 is 0 Å². The summed E-state index contributed by atoms with van der Waals surface area (Å²) in [6.07, 6.45) is 4.59. The summed E-state index contributed by atoms with van der Waals surface area (Å²) in [5.74, 6) is 1.09. The Bertz CT molecular complexity index is 1430. The van der Waals surface area contributed by atoms with E-state index in [1.54, 1.807) is 24.3 Å². The zero-order valence-electron chi connectivity index (χ0n) is 20.2. The third kappa shape index (κ3) is 4.11. The van der Waals surface area contributed by atoms with Crippen LogP contribution in [0.15, 0.2) is 60.7 Å². The zero-order chi connectivity index (χ0) is 24.6. The van der Waals surface area contributed by atoms with Gasteiger partial charge < -0.3 is 19.5 Å². The van der Waals surface area contributed by atoms with E-state index in [1.165, 1.54) is 19.3 Å². The summed E-state index contributed by atoms with van der Waals surface area (Å²) in [5.41, 5.74) is 4.84. The van der Waals surface area contributed by atoms with E-state index in [0.717, 1.165) is 59.5 Å². The highest BCUT2D eigenvalue weighted by Crippen LogP contribution is 2.41. The molecule has 6 heteroatoms. The Morgan fingerprint density at radius 3 is 2.42 bits per heavy atom. The summed E-state index contributed by atoms with van der Waals surface area (Å²) in [4.78, 5) is 16.4. The highest BCUT2D eigenvalue weighted by Gasteiger charge is 2.28. The molecule has 1 fully saturated rings. The summed E-state index contributed by atoms with van der Waals surface area (Å²) < 4.78 is 8.07. The number of aromatic hydroxyl groups is 2. The van der Waals surface area contributed by atoms with Crippen LogP contribution in [0.5, 0.6) is 17.2 Å². The number of aryl methyl sites for hydroxylation is 2. The maximum atomic E-state index is 13.9. The maximum Gasteiger partial charge on any atom is 0.195 e. The molecule has 2 aliphatic heterocycles. The molecule has 3 heterocycles. The minimum Gasteiger partial charge on any atom is -0.508 e. The Labute approximate surface area is 210 Å². The number of benzene rings is 3. The molecule has 1 saturated heterocycles. The van der Waals surface area contributed by atoms with Gasteiger partial charge in [-0.1, -0.05) is 6.42 Å². The van der Waals surface area contributed by atoms with Crippen LogP contribution in [0.1, 0.15) is 40.7 Å². The highest BCUT2D eigenvalue weighted by molar-refractivity contribution is 6.21. The first-order valence-corrected chi connectivity index (χ1v) is 12.8. The first kappa shape index (κ1) is 22.7. The lowest BCUT2D eigenvalue weighted by Gasteiger charge is -2.26. The summed E-state index contributed by atoms with van der Waals surface area (Å²) in [6.45, 7) is 4.52. The molecule has 0 amide bonds. The third-order valence-corrected chi connectivity index (χ3v) is 7.47. The average molecular weight is 483 g/mol. The number of hydrogen-bond acceptors (Lipinski definition) is 5. The molecule has 0 bridgehead atoms. The molecule has 6 nitrogen and oxygen atoms in total. The van der Waals surface area contributed by atoms with Crippen LogP contribution in [0.4, 0.5) is 0 Å². The number of likely N-dealkylation sites (tertiary alicyclic amines) is 1. The van der Waals surface area contributed by atoms with Crippen molar-refractivity contribution in [3.8, 4) is 28.5 Å². The van der Waals surface area contributed by atoms with Crippen LogP contribution >= 0.6 is 0 Å². The second kappa shape index (κ2) is 9.36. The first-order chi connectivity index (χ1) is 17.6. The van der Waals surface area contributed by atoms with Crippen molar-refractivity contribution in [2.75, 3.05) is 26.2 Å². The van der Waals surface area contributed by atoms with Crippen LogP contribution in [-0.4, -0.2) is 51.7 Å². The largest absolute Gasteiger partial charge is 0.508 e. The van der Waals surface area contributed by atoms with Crippen molar-refractivity contribution < 1.29 is 19.7 Å². The molecule has 0 spiro atoms. The fourth-order valence-electron chi connectivity index (χ4n) is 5.65. The van der Waals surface area contributed by atoms with E-state index in [4.69, 9.17) is 4.74 Å². The smallest absolute Gasteiger partial charge is 0.195 e. The van der Waals surface area contributed by atoms with Crippen molar-refractivity contribution in [1.29, 1.82) is 0 Å². The number of ketones is 1. The fraction of sp³-hybridized carbons (Fsp3) is 0.300. The van der Waals surface area contributed by atoms with Gasteiger partial charge in [0.25, 0.3) is 0 Å². The molecule has 36 heavy (non-hydrogen) atoms. The molecule has 0 radical (unpaired) electrons. The number of phenols is 2. The van der Waals surface area contributed by atoms with E-state index in [-0.39, 0.29) is 17.3 Å². The Kier molecular flexibility index (Phi) is 5.89. The number of nitrogens with zero attached hydrogens (tertiary/aromatic N) is 2. The van der Waals surface area contributed by atoms with E-state index < -0.39 is 0 Å². The van der Waals surface area contributed by atoms with Crippen molar-refractivity contribution in [1.82, 2.24) is 9.47 Å². The second-order valence-corrected chi connectivity index (χ2v) is 9.77. The minimum absolute atomic E-state index is 0.0692. The Morgan fingerprint density at radius 2 is 1.61 bits per heavy atom. The van der Waals surface area contributed by atoms with Gasteiger partial charge in [0.15, 0.2) is 5.78 Å². The zero-order valence-corrected chi connectivity index (χ0v) is 20.2. The lowest BCUT2D eigenvalue weighted by Crippen LogP contribution is -2.33. The van der Waals surface area contributed by atoms with Gasteiger partial charge in [-0.2, -0.15) is 0 Å². The Balaban J connectivity index is 1.31. The van der Waals surface area contributed by atoms with Gasteiger partial charge in [-0.05, 0) is 92.5 Å². The molecule has 184 valence electrons. The molecule has 2 N–H and O–H groups in total. The number of ether oxygens (including phenoxy) is 1. The van der Waals surface area contributed by atoms with Crippen LogP contribution in [0, 0.1) is 0 Å². The van der Waals surface area contributed by atoms with Crippen molar-refractivity contribution in [3.63, 3.8) is 0 Å². The maximum absolute atomic E-state index is 13.9. The van der Waals surface area contributed by atoms with Gasteiger partial charge in [-0.15, -0.1) is 0 Å². The summed E-state index contributed by atoms with van der Waals surface area (Å²) in [6, 6.07) is 17.9. The van der Waals surface area contributed by atoms with Crippen LogP contribution in [-0.2, 0) is 13.0 Å². The summed E-state index contributed by atoms with van der Waals surface area (Å²) >= 11 is 0. The fourth-order valence-corrected chi connectivity index (χ4v) is 5.65. The molecule has 4 aromatic rings. The van der Waals surface area contributed by atoms with Crippen molar-refractivity contribution in [2.24, 2.45) is 0 Å². The van der Waals surface area contributed by atoms with Crippen LogP contribution in [0.25, 0.3) is 22.2 Å². The summed E-state index contributed by atoms with van der Waals surface area (Å²) in [5, 5.41) is 21.0. The lowest BCUT2D eigenvalue weighted by atomic mass is 9.92. The molecule has 0 atom stereocenters. The van der Waals surface area contributed by atoms with Gasteiger partial charge in [-0.25, -0.2) is 0 Å². The van der Waals surface area contributed by atoms with Crippen molar-refractivity contribution in [2.45, 2.75) is 32.2 Å². The number of fused-ring (bicyclic) bond motifs is 5. The van der Waals surface area contributed by atoms with E-state index in [9.17, 15) is 15.0 Å². The Hall–Kier alpha value is -3.77. The highest BCUT2D eigenvalue weighted by atomic mass is 16.5. The lowest BCUT2D eigenvalue weighted by molar-refractivity contribution is 0.104. The van der Waals surface area contributed by atoms with Crippen molar-refractivity contribution in [3.05, 3.63) is 77.4 Å². The average Bonchev–Trinajstić information content (AvgIpc) is 3.23. The normalized spacial score (nSPS) is 15.4. The standard InChI is InChI=1S/C30H30N2O4/c33-22-6-10-25-21(18-22)12-15-32-27-19-23(34)7-11-26(27)28(29(25)32)30(35)20-4-8-24(9-5-20)36-17-16-31-13-2-1-3-14-31/h4-11,18-19,33-34H,1-3,12-17H2. The quantitative estimate of drug-likeness (QED) is 0.362. The number of hydrogen-bond donors (Lipinski definition) is 2. The molecule has 0 saturated carbocycles. The number of phenolic OH excluding ortho intramolecular Hbond substituents is 2. The molecule has 2 aliphatic rings. The van der Waals surface area contributed by atoms with Gasteiger partial charge in [0.1, 0.15) is 23.9 Å². The van der Waals surface area contributed by atoms with Crippen LogP contribution in [0.2, 0.25) is 0 Å². The molecule has 1 aromatic heterocycles. The molecule has 0 unspecified atom stereocenters. The predicted octanol–water partition coefficient (Wildman–Crippen LogP) is 5.37. The number of carbonyl (C=O) groups is 1. The molecule has 3 aromatic carbocycles. The number of rotatable bonds is 6. The van der Waals surface area contributed by atoms with Gasteiger partial charge in [0.05, 0.1) is 16.8 Å². The van der Waals surface area contributed by atoms with Crippen LogP contribution in [0.3, 0.4) is 0 Å². The predicted molar refractivity (Wildman–Crippen MR) is 140 cm³/mol. The van der Waals surface area contributed by atoms with E-state index >= 15 is 0 Å². The number of carbonyl (C=O) groups excluding carboxylic acids is 1. The van der Waals surface area contributed by atoms with E-state index in [1.807, 2.05) is 36.4 Å². The summed E-state index contributed by atoms with van der Waals surface area (Å²) in [7, 11) is 0. The molecule has 0 aliphatic carbocycles. The molecular formula is C30H30N2O4. The SMILES string of the molecule is O=C(c1ccc(OCCN2CCCCC2)cc1)c1c2n(c3cc(O)ccc13)CCc1cc(O)ccc1-2. The molecule has 6 rings (SSSR count). The minimum atomic E-state index is -0.0692. The first-order valence-electron chi connectivity index (χ1n) is 12.8.